The van der Waals surface area contributed by atoms with Crippen LogP contribution in [-0.2, 0) is 25.9 Å². The van der Waals surface area contributed by atoms with Crippen LogP contribution in [0.3, 0.4) is 0 Å². The minimum Gasteiger partial charge on any atom is -0.494 e. The van der Waals surface area contributed by atoms with Gasteiger partial charge in [-0.05, 0) is 25.0 Å². The molecule has 0 bridgehead atoms. The molecule has 0 spiro atoms. The van der Waals surface area contributed by atoms with E-state index in [0.717, 1.165) is 37.3 Å². The molecule has 4 nitrogen and oxygen atoms in total. The summed E-state index contributed by atoms with van der Waals surface area (Å²) < 4.78 is 7.83. The zero-order valence-corrected chi connectivity index (χ0v) is 13.0. The second-order valence-corrected chi connectivity index (χ2v) is 5.02. The lowest BCUT2D eigenvalue weighted by Crippen LogP contribution is -2.10. The zero-order valence-electron chi connectivity index (χ0n) is 13.0. The van der Waals surface area contributed by atoms with Crippen molar-refractivity contribution in [1.29, 1.82) is 0 Å². The van der Waals surface area contributed by atoms with Gasteiger partial charge in [-0.2, -0.15) is 5.10 Å². The number of ether oxygens (including phenoxy) is 1. The van der Waals surface area contributed by atoms with Crippen LogP contribution in [0.25, 0.3) is 0 Å². The summed E-state index contributed by atoms with van der Waals surface area (Å²) in [7, 11) is 0. The Labute approximate surface area is 126 Å². The Morgan fingerprint density at radius 1 is 1.14 bits per heavy atom. The van der Waals surface area contributed by atoms with Gasteiger partial charge in [0.2, 0.25) is 0 Å². The summed E-state index contributed by atoms with van der Waals surface area (Å²) in [6, 6.07) is 9.92. The summed E-state index contributed by atoms with van der Waals surface area (Å²) >= 11 is 0. The van der Waals surface area contributed by atoms with Gasteiger partial charge in [-0.25, -0.2) is 0 Å². The summed E-state index contributed by atoms with van der Waals surface area (Å²) in [5.74, 6) is 0.922. The molecule has 0 saturated carbocycles. The highest BCUT2D eigenvalue weighted by molar-refractivity contribution is 5.26. The first kappa shape index (κ1) is 15.6. The van der Waals surface area contributed by atoms with Gasteiger partial charge in [-0.15, -0.1) is 0 Å². The molecule has 0 atom stereocenters. The molecule has 0 fully saturated rings. The molecule has 1 aromatic carbocycles. The van der Waals surface area contributed by atoms with E-state index < -0.39 is 0 Å². The van der Waals surface area contributed by atoms with Gasteiger partial charge in [0.05, 0.1) is 12.3 Å². The first-order valence-corrected chi connectivity index (χ1v) is 7.75. The molecule has 1 heterocycles. The normalized spacial score (nSPS) is 10.8. The number of hydrogen-bond donors (Lipinski definition) is 1. The van der Waals surface area contributed by atoms with Crippen LogP contribution in [0, 0.1) is 0 Å². The summed E-state index contributed by atoms with van der Waals surface area (Å²) in [6.45, 7) is 6.44. The molecule has 2 rings (SSSR count). The third kappa shape index (κ3) is 3.85. The highest BCUT2D eigenvalue weighted by Gasteiger charge is 2.13. The Kier molecular flexibility index (Phi) is 5.81. The Morgan fingerprint density at radius 2 is 1.90 bits per heavy atom. The van der Waals surface area contributed by atoms with Gasteiger partial charge in [-0.3, -0.25) is 4.68 Å². The minimum atomic E-state index is 0.576. The number of nitrogens with zero attached hydrogens (tertiary/aromatic N) is 2. The average molecular weight is 287 g/mol. The van der Waals surface area contributed by atoms with Crippen LogP contribution in [-0.4, -0.2) is 16.4 Å². The third-order valence-corrected chi connectivity index (χ3v) is 3.65. The average Bonchev–Trinajstić information content (AvgIpc) is 2.89. The molecular weight excluding hydrogens is 262 g/mol. The Hall–Kier alpha value is -1.81. The second-order valence-electron chi connectivity index (χ2n) is 5.02. The Morgan fingerprint density at radius 3 is 2.52 bits per heavy atom. The van der Waals surface area contributed by atoms with Crippen LogP contribution in [0.5, 0.6) is 5.75 Å². The van der Waals surface area contributed by atoms with Crippen molar-refractivity contribution in [1.82, 2.24) is 9.78 Å². The van der Waals surface area contributed by atoms with Crippen molar-refractivity contribution in [3.05, 3.63) is 47.3 Å². The molecule has 0 aliphatic heterocycles. The van der Waals surface area contributed by atoms with Gasteiger partial charge in [0.1, 0.15) is 5.75 Å². The third-order valence-electron chi connectivity index (χ3n) is 3.65. The van der Waals surface area contributed by atoms with Crippen LogP contribution in [0.4, 0.5) is 0 Å². The Balaban J connectivity index is 1.92. The van der Waals surface area contributed by atoms with E-state index in [1.165, 1.54) is 11.3 Å². The number of nitrogens with two attached hydrogens (primary N) is 1. The molecule has 2 N–H and O–H groups in total. The largest absolute Gasteiger partial charge is 0.494 e. The highest BCUT2D eigenvalue weighted by atomic mass is 16.5. The maximum absolute atomic E-state index is 5.87. The smallest absolute Gasteiger partial charge is 0.119 e. The van der Waals surface area contributed by atoms with Crippen molar-refractivity contribution in [2.24, 2.45) is 5.73 Å². The molecule has 0 unspecified atom stereocenters. The van der Waals surface area contributed by atoms with Gasteiger partial charge < -0.3 is 10.5 Å². The molecule has 4 heteroatoms. The first-order chi connectivity index (χ1) is 10.3. The molecule has 2 aromatic rings. The number of aromatic nitrogens is 2. The van der Waals surface area contributed by atoms with E-state index >= 15 is 0 Å². The number of para-hydroxylation sites is 1. The van der Waals surface area contributed by atoms with Crippen molar-refractivity contribution < 1.29 is 4.74 Å². The fraction of sp³-hybridized carbons (Fsp3) is 0.471. The van der Waals surface area contributed by atoms with E-state index in [1.54, 1.807) is 0 Å². The number of hydrogen-bond acceptors (Lipinski definition) is 3. The lowest BCUT2D eigenvalue weighted by Gasteiger charge is -2.08. The molecule has 0 aliphatic carbocycles. The summed E-state index contributed by atoms with van der Waals surface area (Å²) in [6.07, 6.45) is 2.85. The van der Waals surface area contributed by atoms with Crippen LogP contribution in [0.15, 0.2) is 30.3 Å². The van der Waals surface area contributed by atoms with Crippen LogP contribution < -0.4 is 10.5 Å². The standard InChI is InChI=1S/C17H25N3O/c1-3-16-15(13-18)17(4-2)20(19-16)11-8-12-21-14-9-6-5-7-10-14/h5-7,9-10H,3-4,8,11-13,18H2,1-2H3. The molecule has 0 amide bonds. The summed E-state index contributed by atoms with van der Waals surface area (Å²) in [4.78, 5) is 0. The van der Waals surface area contributed by atoms with Crippen LogP contribution >= 0.6 is 0 Å². The molecule has 21 heavy (non-hydrogen) atoms. The Bertz CT molecular complexity index is 549. The predicted octanol–water partition coefficient (Wildman–Crippen LogP) is 2.94. The van der Waals surface area contributed by atoms with E-state index in [9.17, 15) is 0 Å². The molecule has 0 radical (unpaired) electrons. The molecule has 0 aliphatic rings. The van der Waals surface area contributed by atoms with Gasteiger partial charge >= 0.3 is 0 Å². The monoisotopic (exact) mass is 287 g/mol. The quantitative estimate of drug-likeness (QED) is 0.759. The van der Waals surface area contributed by atoms with Crippen molar-refractivity contribution in [3.8, 4) is 5.75 Å². The lowest BCUT2D eigenvalue weighted by molar-refractivity contribution is 0.297. The van der Waals surface area contributed by atoms with Gasteiger partial charge in [0.25, 0.3) is 0 Å². The number of aryl methyl sites for hydroxylation is 2. The van der Waals surface area contributed by atoms with E-state index in [4.69, 9.17) is 15.6 Å². The fourth-order valence-electron chi connectivity index (χ4n) is 2.61. The SMILES string of the molecule is CCc1nn(CCCOc2ccccc2)c(CC)c1CN. The predicted molar refractivity (Wildman–Crippen MR) is 85.4 cm³/mol. The van der Waals surface area contributed by atoms with Gasteiger partial charge in [0, 0.05) is 30.8 Å². The van der Waals surface area contributed by atoms with E-state index in [0.29, 0.717) is 13.2 Å². The maximum atomic E-state index is 5.87. The highest BCUT2D eigenvalue weighted by Crippen LogP contribution is 2.16. The lowest BCUT2D eigenvalue weighted by atomic mass is 10.1. The fourth-order valence-corrected chi connectivity index (χ4v) is 2.61. The minimum absolute atomic E-state index is 0.576. The van der Waals surface area contributed by atoms with E-state index in [-0.39, 0.29) is 0 Å². The van der Waals surface area contributed by atoms with Gasteiger partial charge in [0.15, 0.2) is 0 Å². The van der Waals surface area contributed by atoms with Crippen LogP contribution in [0.1, 0.15) is 37.2 Å². The van der Waals surface area contributed by atoms with Crippen molar-refractivity contribution in [2.45, 2.75) is 46.2 Å². The molecule has 114 valence electrons. The van der Waals surface area contributed by atoms with Gasteiger partial charge in [-0.1, -0.05) is 32.0 Å². The van der Waals surface area contributed by atoms with E-state index in [1.807, 2.05) is 30.3 Å². The second kappa shape index (κ2) is 7.84. The topological polar surface area (TPSA) is 53.1 Å². The summed E-state index contributed by atoms with van der Waals surface area (Å²) in [5.41, 5.74) is 9.50. The molecule has 0 saturated heterocycles. The van der Waals surface area contributed by atoms with Crippen molar-refractivity contribution in [3.63, 3.8) is 0 Å². The zero-order chi connectivity index (χ0) is 15.1. The molecule has 1 aromatic heterocycles. The summed E-state index contributed by atoms with van der Waals surface area (Å²) in [5, 5.41) is 4.70. The molecular formula is C17H25N3O. The van der Waals surface area contributed by atoms with Crippen molar-refractivity contribution >= 4 is 0 Å². The van der Waals surface area contributed by atoms with Crippen molar-refractivity contribution in [2.75, 3.05) is 6.61 Å². The maximum Gasteiger partial charge on any atom is 0.119 e. The number of benzene rings is 1. The van der Waals surface area contributed by atoms with Crippen LogP contribution in [0.2, 0.25) is 0 Å². The van der Waals surface area contributed by atoms with E-state index in [2.05, 4.69) is 18.5 Å². The first-order valence-electron chi connectivity index (χ1n) is 7.75. The number of rotatable bonds is 8.